The van der Waals surface area contributed by atoms with Crippen LogP contribution in [0.15, 0.2) is 47.4 Å². The molecule has 0 aromatic heterocycles. The maximum atomic E-state index is 13.1. The van der Waals surface area contributed by atoms with Crippen LogP contribution < -0.4 is 10.0 Å². The number of sulfonamides is 1. The van der Waals surface area contributed by atoms with Gasteiger partial charge in [0.25, 0.3) is 0 Å². The Morgan fingerprint density at radius 3 is 2.57 bits per heavy atom. The van der Waals surface area contributed by atoms with Crippen molar-refractivity contribution >= 4 is 27.3 Å². The summed E-state index contributed by atoms with van der Waals surface area (Å²) in [6.45, 7) is 0.0282. The zero-order valence-corrected chi connectivity index (χ0v) is 12.8. The Labute approximate surface area is 128 Å². The van der Waals surface area contributed by atoms with Gasteiger partial charge in [-0.05, 0) is 29.8 Å². The summed E-state index contributed by atoms with van der Waals surface area (Å²) in [5.74, 6) is -0.538. The van der Waals surface area contributed by atoms with E-state index in [0.717, 1.165) is 0 Å². The van der Waals surface area contributed by atoms with Crippen LogP contribution in [0.4, 0.5) is 10.1 Å². The molecule has 2 aromatic carbocycles. The molecule has 0 aliphatic heterocycles. The molecule has 0 amide bonds. The summed E-state index contributed by atoms with van der Waals surface area (Å²) in [6, 6.07) is 10.6. The molecule has 0 aliphatic rings. The minimum Gasteiger partial charge on any atom is -0.387 e. The molecule has 0 unspecified atom stereocenters. The molecule has 0 heterocycles. The second kappa shape index (κ2) is 6.43. The number of para-hydroxylation sites is 1. The van der Waals surface area contributed by atoms with Crippen molar-refractivity contribution in [1.29, 1.82) is 0 Å². The van der Waals surface area contributed by atoms with E-state index in [9.17, 15) is 12.8 Å². The maximum absolute atomic E-state index is 13.1. The Morgan fingerprint density at radius 1 is 1.19 bits per heavy atom. The number of benzene rings is 2. The fourth-order valence-electron chi connectivity index (χ4n) is 1.81. The van der Waals surface area contributed by atoms with E-state index in [1.54, 1.807) is 25.2 Å². The van der Waals surface area contributed by atoms with E-state index in [1.807, 2.05) is 0 Å². The van der Waals surface area contributed by atoms with Gasteiger partial charge < -0.3 is 5.32 Å². The molecule has 4 nitrogen and oxygen atoms in total. The van der Waals surface area contributed by atoms with Crippen LogP contribution in [0.2, 0.25) is 5.02 Å². The van der Waals surface area contributed by atoms with Crippen molar-refractivity contribution in [3.8, 4) is 0 Å². The molecule has 0 radical (unpaired) electrons. The molecule has 0 fully saturated rings. The predicted octanol–water partition coefficient (Wildman–Crippen LogP) is 3.00. The Balaban J connectivity index is 2.20. The summed E-state index contributed by atoms with van der Waals surface area (Å²) in [6.07, 6.45) is 0. The molecular weight excluding hydrogens is 315 g/mol. The van der Waals surface area contributed by atoms with E-state index < -0.39 is 15.8 Å². The van der Waals surface area contributed by atoms with E-state index in [-0.39, 0.29) is 16.5 Å². The standard InChI is InChI=1S/C14H14ClFN2O2S/c1-17-13-4-2-3-5-14(13)21(19,20)18-9-10-6-7-12(16)11(15)8-10/h2-8,17-18H,9H2,1H3. The van der Waals surface area contributed by atoms with E-state index in [0.29, 0.717) is 11.3 Å². The molecule has 2 aromatic rings. The highest BCUT2D eigenvalue weighted by Gasteiger charge is 2.17. The quantitative estimate of drug-likeness (QED) is 0.887. The van der Waals surface area contributed by atoms with Crippen LogP contribution in [-0.4, -0.2) is 15.5 Å². The molecule has 0 saturated heterocycles. The molecule has 0 aliphatic carbocycles. The SMILES string of the molecule is CNc1ccccc1S(=O)(=O)NCc1ccc(F)c(Cl)c1. The van der Waals surface area contributed by atoms with Gasteiger partial charge in [0.05, 0.1) is 10.7 Å². The largest absolute Gasteiger partial charge is 0.387 e. The molecule has 112 valence electrons. The highest BCUT2D eigenvalue weighted by atomic mass is 35.5. The number of halogens is 2. The summed E-state index contributed by atoms with van der Waals surface area (Å²) in [4.78, 5) is 0.153. The highest BCUT2D eigenvalue weighted by molar-refractivity contribution is 7.89. The lowest BCUT2D eigenvalue weighted by atomic mass is 10.2. The monoisotopic (exact) mass is 328 g/mol. The number of nitrogens with one attached hydrogen (secondary N) is 2. The lowest BCUT2D eigenvalue weighted by Crippen LogP contribution is -2.24. The van der Waals surface area contributed by atoms with Crippen LogP contribution >= 0.6 is 11.6 Å². The van der Waals surface area contributed by atoms with E-state index in [4.69, 9.17) is 11.6 Å². The van der Waals surface area contributed by atoms with Gasteiger partial charge in [0.2, 0.25) is 10.0 Å². The first-order chi connectivity index (χ1) is 9.94. The normalized spacial score (nSPS) is 11.4. The Kier molecular flexibility index (Phi) is 4.82. The summed E-state index contributed by atoms with van der Waals surface area (Å²) in [7, 11) is -2.03. The minimum atomic E-state index is -3.67. The summed E-state index contributed by atoms with van der Waals surface area (Å²) in [5.41, 5.74) is 1.08. The number of hydrogen-bond acceptors (Lipinski definition) is 3. The Bertz CT molecular complexity index is 750. The zero-order chi connectivity index (χ0) is 15.5. The van der Waals surface area contributed by atoms with Crippen molar-refractivity contribution in [2.75, 3.05) is 12.4 Å². The number of anilines is 1. The lowest BCUT2D eigenvalue weighted by Gasteiger charge is -2.11. The third-order valence-electron chi connectivity index (χ3n) is 2.90. The molecule has 2 rings (SSSR count). The van der Waals surface area contributed by atoms with Gasteiger partial charge >= 0.3 is 0 Å². The summed E-state index contributed by atoms with van der Waals surface area (Å²) >= 11 is 5.67. The van der Waals surface area contributed by atoms with Crippen LogP contribution in [0, 0.1) is 5.82 Å². The second-order valence-corrected chi connectivity index (χ2v) is 6.46. The highest BCUT2D eigenvalue weighted by Crippen LogP contribution is 2.21. The van der Waals surface area contributed by atoms with E-state index in [2.05, 4.69) is 10.0 Å². The molecule has 0 atom stereocenters. The van der Waals surface area contributed by atoms with E-state index in [1.165, 1.54) is 24.3 Å². The minimum absolute atomic E-state index is 0.0282. The smallest absolute Gasteiger partial charge is 0.242 e. The van der Waals surface area contributed by atoms with Gasteiger partial charge in [0.1, 0.15) is 10.7 Å². The fourth-order valence-corrected chi connectivity index (χ4v) is 3.25. The third-order valence-corrected chi connectivity index (χ3v) is 4.65. The zero-order valence-electron chi connectivity index (χ0n) is 11.2. The first-order valence-electron chi connectivity index (χ1n) is 6.14. The summed E-state index contributed by atoms with van der Waals surface area (Å²) < 4.78 is 40.1. The van der Waals surface area contributed by atoms with Gasteiger partial charge in [-0.15, -0.1) is 0 Å². The van der Waals surface area contributed by atoms with Crippen molar-refractivity contribution in [3.05, 3.63) is 58.9 Å². The number of rotatable bonds is 5. The first-order valence-corrected chi connectivity index (χ1v) is 8.00. The predicted molar refractivity (Wildman–Crippen MR) is 81.4 cm³/mol. The van der Waals surface area contributed by atoms with Gasteiger partial charge in [-0.2, -0.15) is 0 Å². The average Bonchev–Trinajstić information content (AvgIpc) is 2.48. The van der Waals surface area contributed by atoms with Crippen molar-refractivity contribution in [1.82, 2.24) is 4.72 Å². The Hall–Kier alpha value is -1.63. The molecule has 21 heavy (non-hydrogen) atoms. The fraction of sp³-hybridized carbons (Fsp3) is 0.143. The molecule has 7 heteroatoms. The van der Waals surface area contributed by atoms with Crippen LogP contribution in [0.1, 0.15) is 5.56 Å². The molecule has 0 bridgehead atoms. The van der Waals surface area contributed by atoms with Gasteiger partial charge in [-0.3, -0.25) is 0 Å². The van der Waals surface area contributed by atoms with E-state index >= 15 is 0 Å². The Morgan fingerprint density at radius 2 is 1.90 bits per heavy atom. The van der Waals surface area contributed by atoms with Gasteiger partial charge in [0, 0.05) is 13.6 Å². The molecule has 0 saturated carbocycles. The van der Waals surface area contributed by atoms with Crippen LogP contribution in [-0.2, 0) is 16.6 Å². The van der Waals surface area contributed by atoms with Crippen molar-refractivity contribution in [3.63, 3.8) is 0 Å². The topological polar surface area (TPSA) is 58.2 Å². The maximum Gasteiger partial charge on any atom is 0.242 e. The molecular formula is C14H14ClFN2O2S. The van der Waals surface area contributed by atoms with Crippen molar-refractivity contribution < 1.29 is 12.8 Å². The third kappa shape index (κ3) is 3.72. The number of hydrogen-bond donors (Lipinski definition) is 2. The molecule has 0 spiro atoms. The summed E-state index contributed by atoms with van der Waals surface area (Å²) in [5, 5.41) is 2.79. The van der Waals surface area contributed by atoms with Crippen molar-refractivity contribution in [2.45, 2.75) is 11.4 Å². The van der Waals surface area contributed by atoms with Gasteiger partial charge in [-0.1, -0.05) is 29.8 Å². The van der Waals surface area contributed by atoms with Crippen LogP contribution in [0.5, 0.6) is 0 Å². The van der Waals surface area contributed by atoms with Gasteiger partial charge in [0.15, 0.2) is 0 Å². The lowest BCUT2D eigenvalue weighted by molar-refractivity contribution is 0.581. The van der Waals surface area contributed by atoms with Crippen molar-refractivity contribution in [2.24, 2.45) is 0 Å². The average molecular weight is 329 g/mol. The first kappa shape index (κ1) is 15.8. The van der Waals surface area contributed by atoms with Gasteiger partial charge in [-0.25, -0.2) is 17.5 Å². The van der Waals surface area contributed by atoms with Crippen LogP contribution in [0.25, 0.3) is 0 Å². The second-order valence-electron chi connectivity index (χ2n) is 4.32. The molecule has 2 N–H and O–H groups in total. The van der Waals surface area contributed by atoms with Crippen LogP contribution in [0.3, 0.4) is 0 Å².